The van der Waals surface area contributed by atoms with Crippen molar-refractivity contribution in [3.05, 3.63) is 34.4 Å². The molecule has 7 aliphatic rings. The van der Waals surface area contributed by atoms with E-state index in [1.165, 1.54) is 26.4 Å². The number of hydrogen-bond acceptors (Lipinski definition) is 21. The number of aliphatic hydroxyl groups excluding tert-OH is 8. The first kappa shape index (κ1) is 50.1. The molecule has 21 nitrogen and oxygen atoms in total. The monoisotopic (exact) mass is 944 g/mol. The van der Waals surface area contributed by atoms with Gasteiger partial charge < -0.3 is 93.4 Å². The number of methoxy groups -OCH3 is 1. The number of ether oxygens (including phenoxy) is 8. The zero-order valence-electron chi connectivity index (χ0n) is 37.8. The van der Waals surface area contributed by atoms with E-state index in [9.17, 15) is 60.7 Å². The average molecular weight is 945 g/mol. The van der Waals surface area contributed by atoms with Gasteiger partial charge in [-0.1, -0.05) is 13.8 Å². The number of rotatable bonds is 11. The predicted octanol–water partition coefficient (Wildman–Crippen LogP) is -1.95. The highest BCUT2D eigenvalue weighted by Gasteiger charge is 2.76. The van der Waals surface area contributed by atoms with E-state index in [1.54, 1.807) is 13.0 Å². The molecule has 4 heterocycles. The van der Waals surface area contributed by atoms with Crippen LogP contribution in [0.15, 0.2) is 27.6 Å². The van der Waals surface area contributed by atoms with Crippen molar-refractivity contribution in [2.75, 3.05) is 20.3 Å². The Hall–Kier alpha value is -2.26. The molecule has 21 heteroatoms. The minimum absolute atomic E-state index is 0.00118. The van der Waals surface area contributed by atoms with Crippen LogP contribution in [0.1, 0.15) is 90.5 Å². The number of aliphatic hydroxyl groups is 10. The molecular weight excluding hydrogens is 876 g/mol. The normalized spacial score (nSPS) is 51.6. The van der Waals surface area contributed by atoms with Crippen molar-refractivity contribution < 1.29 is 98.2 Å². The lowest BCUT2D eigenvalue weighted by Crippen LogP contribution is -2.75. The van der Waals surface area contributed by atoms with Gasteiger partial charge in [-0.25, -0.2) is 4.79 Å². The van der Waals surface area contributed by atoms with E-state index in [0.29, 0.717) is 44.9 Å². The molecule has 0 spiro atoms. The molecule has 4 saturated carbocycles. The standard InChI is InChI=1S/C45H68O21/c1-19-36(65-40-34(54)32(52)37(27(17-47)64-40)66-39-33(53)31(51)30(50)26(16-46)63-39)38(58-5)35(55)41(60-19)62-22-8-11-42(3)24(14-22)25(61-20(2)48)15-44(56)28(42)10-12-43(4)23(9-13-45(43,44)57)21-6-7-29(49)59-18-21/h6-7,18-19,22-28,30-41,46-47,50-57H,8-17H2,1-5H3/t19-,22-,23+,24+,25+,26+,27+,28+,30+,31-,32+,33+,34+,35-,36-,37+,38-,39-,40-,41-,42-,43+,44-,45+/m0/s1. The Bertz CT molecular complexity index is 1900. The Labute approximate surface area is 381 Å². The van der Waals surface area contributed by atoms with Crippen LogP contribution in [-0.2, 0) is 42.7 Å². The lowest BCUT2D eigenvalue weighted by molar-refractivity contribution is -0.380. The van der Waals surface area contributed by atoms with Crippen LogP contribution in [0.5, 0.6) is 0 Å². The largest absolute Gasteiger partial charge is 0.462 e. The molecular formula is C45H68O21. The summed E-state index contributed by atoms with van der Waals surface area (Å²) in [5.41, 5.74) is -4.24. The van der Waals surface area contributed by atoms with Crippen LogP contribution in [-0.4, -0.2) is 193 Å². The fourth-order valence-corrected chi connectivity index (χ4v) is 13.4. The van der Waals surface area contributed by atoms with Crippen LogP contribution in [0.25, 0.3) is 0 Å². The highest BCUT2D eigenvalue weighted by Crippen LogP contribution is 2.72. The number of fused-ring (bicyclic) bond motifs is 5. The van der Waals surface area contributed by atoms with E-state index in [4.69, 9.17) is 42.3 Å². The van der Waals surface area contributed by atoms with E-state index in [2.05, 4.69) is 6.92 Å². The summed E-state index contributed by atoms with van der Waals surface area (Å²) in [6.07, 6.45) is -19.0. The first-order valence-electron chi connectivity index (χ1n) is 23.1. The molecule has 3 saturated heterocycles. The summed E-state index contributed by atoms with van der Waals surface area (Å²) in [7, 11) is 1.33. The Morgan fingerprint density at radius 1 is 0.758 bits per heavy atom. The first-order valence-corrected chi connectivity index (χ1v) is 23.1. The zero-order chi connectivity index (χ0) is 47.8. The van der Waals surface area contributed by atoms with Gasteiger partial charge in [0.15, 0.2) is 18.9 Å². The fourth-order valence-electron chi connectivity index (χ4n) is 13.4. The van der Waals surface area contributed by atoms with Crippen molar-refractivity contribution in [3.8, 4) is 0 Å². The molecule has 1 aromatic rings. The van der Waals surface area contributed by atoms with Crippen molar-refractivity contribution in [1.82, 2.24) is 0 Å². The van der Waals surface area contributed by atoms with Gasteiger partial charge in [0.05, 0.1) is 37.3 Å². The third kappa shape index (κ3) is 8.19. The van der Waals surface area contributed by atoms with E-state index < -0.39 is 151 Å². The van der Waals surface area contributed by atoms with E-state index in [1.807, 2.05) is 6.92 Å². The summed E-state index contributed by atoms with van der Waals surface area (Å²) >= 11 is 0. The number of hydrogen-bond donors (Lipinski definition) is 10. The summed E-state index contributed by atoms with van der Waals surface area (Å²) < 4.78 is 52.7. The van der Waals surface area contributed by atoms with Gasteiger partial charge in [-0.15, -0.1) is 0 Å². The average Bonchev–Trinajstić information content (AvgIpc) is 3.56. The lowest BCUT2D eigenvalue weighted by atomic mass is 9.40. The smallest absolute Gasteiger partial charge is 0.335 e. The fraction of sp³-hybridized carbons (Fsp3) is 0.867. The molecule has 3 aliphatic heterocycles. The maximum atomic E-state index is 13.0. The molecule has 4 aliphatic carbocycles. The number of carbonyl (C=O) groups excluding carboxylic acids is 1. The van der Waals surface area contributed by atoms with Gasteiger partial charge in [-0.3, -0.25) is 4.79 Å². The van der Waals surface area contributed by atoms with Crippen LogP contribution >= 0.6 is 0 Å². The molecule has 10 N–H and O–H groups in total. The first-order chi connectivity index (χ1) is 31.2. The molecule has 66 heavy (non-hydrogen) atoms. The van der Waals surface area contributed by atoms with Crippen LogP contribution in [0, 0.1) is 22.7 Å². The summed E-state index contributed by atoms with van der Waals surface area (Å²) in [4.78, 5) is 24.5. The highest BCUT2D eigenvalue weighted by atomic mass is 16.8. The molecule has 0 unspecified atom stereocenters. The zero-order valence-corrected chi connectivity index (χ0v) is 37.8. The molecule has 374 valence electrons. The van der Waals surface area contributed by atoms with Crippen molar-refractivity contribution >= 4 is 5.97 Å². The van der Waals surface area contributed by atoms with E-state index in [0.717, 1.165) is 5.56 Å². The van der Waals surface area contributed by atoms with E-state index >= 15 is 0 Å². The van der Waals surface area contributed by atoms with Crippen molar-refractivity contribution in [2.24, 2.45) is 22.7 Å². The summed E-state index contributed by atoms with van der Waals surface area (Å²) in [5.74, 6) is -1.39. The maximum Gasteiger partial charge on any atom is 0.335 e. The number of carbonyl (C=O) groups is 1. The van der Waals surface area contributed by atoms with Crippen molar-refractivity contribution in [2.45, 2.75) is 201 Å². The van der Waals surface area contributed by atoms with Gasteiger partial charge in [0, 0.05) is 37.9 Å². The van der Waals surface area contributed by atoms with Gasteiger partial charge in [-0.05, 0) is 80.8 Å². The second-order valence-corrected chi connectivity index (χ2v) is 20.3. The lowest BCUT2D eigenvalue weighted by Gasteiger charge is -2.68. The predicted molar refractivity (Wildman–Crippen MR) is 221 cm³/mol. The summed E-state index contributed by atoms with van der Waals surface area (Å²) in [6, 6.07) is 3.09. The van der Waals surface area contributed by atoms with E-state index in [-0.39, 0.29) is 24.2 Å². The Morgan fingerprint density at radius 3 is 2.05 bits per heavy atom. The molecule has 0 radical (unpaired) electrons. The Balaban J connectivity index is 0.940. The Morgan fingerprint density at radius 2 is 1.41 bits per heavy atom. The van der Waals surface area contributed by atoms with Gasteiger partial charge in [0.25, 0.3) is 0 Å². The van der Waals surface area contributed by atoms with Gasteiger partial charge in [0.1, 0.15) is 78.8 Å². The molecule has 24 atom stereocenters. The third-order valence-corrected chi connectivity index (χ3v) is 16.9. The SMILES string of the molecule is CO[C@H]1[C@H](O)[C@H](O[C@H]2CC[C@@]3(C)[C@H](C2)[C@H](OC(C)=O)C[C@]2(O)[C@@H]3CC[C@]3(C)[C@@H](c4ccc(=O)oc4)CC[C@@]32O)O[C@@H](C)[C@@H]1O[C@@H]1O[C@H](CO)[C@@H](O[C@@H]2O[C@H](CO)[C@@H](O)[C@H](O)[C@H]2O)[C@H](O)[C@H]1O. The maximum absolute atomic E-state index is 13.0. The van der Waals surface area contributed by atoms with Gasteiger partial charge >= 0.3 is 11.6 Å². The molecule has 7 fully saturated rings. The summed E-state index contributed by atoms with van der Waals surface area (Å²) in [5, 5.41) is 111. The van der Waals surface area contributed by atoms with Crippen LogP contribution < -0.4 is 5.63 Å². The topological polar surface area (TPSA) is 323 Å². The minimum Gasteiger partial charge on any atom is -0.462 e. The Kier molecular flexibility index (Phi) is 14.3. The molecule has 1 aromatic heterocycles. The van der Waals surface area contributed by atoms with Crippen LogP contribution in [0.4, 0.5) is 0 Å². The summed E-state index contributed by atoms with van der Waals surface area (Å²) in [6.45, 7) is 5.49. The van der Waals surface area contributed by atoms with Gasteiger partial charge in [-0.2, -0.15) is 0 Å². The van der Waals surface area contributed by atoms with Crippen molar-refractivity contribution in [1.29, 1.82) is 0 Å². The number of esters is 1. The quantitative estimate of drug-likeness (QED) is 0.0852. The third-order valence-electron chi connectivity index (χ3n) is 16.9. The second-order valence-electron chi connectivity index (χ2n) is 20.3. The van der Waals surface area contributed by atoms with Crippen LogP contribution in [0.3, 0.4) is 0 Å². The minimum atomic E-state index is -1.85. The molecule has 0 bridgehead atoms. The van der Waals surface area contributed by atoms with Crippen LogP contribution in [0.2, 0.25) is 0 Å². The molecule has 0 aromatic carbocycles. The highest BCUT2D eigenvalue weighted by molar-refractivity contribution is 5.66. The van der Waals surface area contributed by atoms with Crippen molar-refractivity contribution in [3.63, 3.8) is 0 Å². The molecule has 8 rings (SSSR count). The molecule has 0 amide bonds. The second kappa shape index (κ2) is 18.8. The van der Waals surface area contributed by atoms with Gasteiger partial charge in [0.2, 0.25) is 0 Å².